The standard InChI is InChI=1S/C24H32N2O5S2/c1-5-26(6-2)33(30,31)21-11-9-10-20(17-21)25-23(27)24(14-7-8-15-24)32(28,29)22-16-18(3)12-13-19(22)4/h9-13,16-17H,5-8,14-15H2,1-4H3,(H,25,27). The fourth-order valence-electron chi connectivity index (χ4n) is 4.46. The first-order valence-electron chi connectivity index (χ1n) is 11.2. The molecule has 1 N–H and O–H groups in total. The number of hydrogen-bond acceptors (Lipinski definition) is 5. The third kappa shape index (κ3) is 4.58. The zero-order valence-corrected chi connectivity index (χ0v) is 21.2. The molecule has 7 nitrogen and oxygen atoms in total. The highest BCUT2D eigenvalue weighted by Gasteiger charge is 2.53. The van der Waals surface area contributed by atoms with Crippen LogP contribution in [0, 0.1) is 13.8 Å². The Hall–Kier alpha value is -2.23. The number of nitrogens with zero attached hydrogens (tertiary/aromatic N) is 1. The number of anilines is 1. The smallest absolute Gasteiger partial charge is 0.246 e. The molecule has 2 aromatic carbocycles. The van der Waals surface area contributed by atoms with E-state index < -0.39 is 30.5 Å². The first-order valence-corrected chi connectivity index (χ1v) is 14.2. The predicted octanol–water partition coefficient (Wildman–Crippen LogP) is 4.06. The summed E-state index contributed by atoms with van der Waals surface area (Å²) in [4.78, 5) is 13.7. The van der Waals surface area contributed by atoms with Crippen molar-refractivity contribution >= 4 is 31.5 Å². The van der Waals surface area contributed by atoms with Gasteiger partial charge in [-0.3, -0.25) is 4.79 Å². The summed E-state index contributed by atoms with van der Waals surface area (Å²) in [5, 5.41) is 2.72. The highest BCUT2D eigenvalue weighted by atomic mass is 32.2. The van der Waals surface area contributed by atoms with Crippen LogP contribution < -0.4 is 5.32 Å². The summed E-state index contributed by atoms with van der Waals surface area (Å²) >= 11 is 0. The van der Waals surface area contributed by atoms with E-state index in [0.29, 0.717) is 31.5 Å². The summed E-state index contributed by atoms with van der Waals surface area (Å²) in [6.07, 6.45) is 1.72. The summed E-state index contributed by atoms with van der Waals surface area (Å²) in [7, 11) is -7.68. The Bertz CT molecular complexity index is 1240. The van der Waals surface area contributed by atoms with Gasteiger partial charge in [0.15, 0.2) is 14.6 Å². The van der Waals surface area contributed by atoms with Crippen LogP contribution in [0.4, 0.5) is 5.69 Å². The first-order chi connectivity index (χ1) is 15.5. The Morgan fingerprint density at radius 1 is 0.970 bits per heavy atom. The SMILES string of the molecule is CCN(CC)S(=O)(=O)c1cccc(NC(=O)C2(S(=O)(=O)c3cc(C)ccc3C)CCCC2)c1. The third-order valence-corrected chi connectivity index (χ3v) is 11.1. The molecule has 0 radical (unpaired) electrons. The average Bonchev–Trinajstić information content (AvgIpc) is 3.28. The number of nitrogens with one attached hydrogen (secondary N) is 1. The van der Waals surface area contributed by atoms with Gasteiger partial charge >= 0.3 is 0 Å². The monoisotopic (exact) mass is 492 g/mol. The zero-order chi connectivity index (χ0) is 24.4. The molecule has 0 bridgehead atoms. The minimum Gasteiger partial charge on any atom is -0.325 e. The first kappa shape index (κ1) is 25.4. The molecule has 0 unspecified atom stereocenters. The van der Waals surface area contributed by atoms with Crippen LogP contribution in [0.3, 0.4) is 0 Å². The number of sulfonamides is 1. The van der Waals surface area contributed by atoms with Gasteiger partial charge in [0.2, 0.25) is 15.9 Å². The van der Waals surface area contributed by atoms with E-state index in [-0.39, 0.29) is 28.3 Å². The number of benzene rings is 2. The second-order valence-electron chi connectivity index (χ2n) is 8.55. The molecule has 2 aromatic rings. The van der Waals surface area contributed by atoms with Gasteiger partial charge in [0.1, 0.15) is 0 Å². The van der Waals surface area contributed by atoms with E-state index in [2.05, 4.69) is 5.32 Å². The van der Waals surface area contributed by atoms with Gasteiger partial charge in [0.25, 0.3) is 0 Å². The molecule has 1 aliphatic carbocycles. The lowest BCUT2D eigenvalue weighted by atomic mass is 10.1. The maximum Gasteiger partial charge on any atom is 0.246 e. The summed E-state index contributed by atoms with van der Waals surface area (Å²) < 4.78 is 53.1. The van der Waals surface area contributed by atoms with Crippen molar-refractivity contribution in [2.75, 3.05) is 18.4 Å². The molecular weight excluding hydrogens is 460 g/mol. The molecule has 0 aliphatic heterocycles. The van der Waals surface area contributed by atoms with E-state index in [9.17, 15) is 21.6 Å². The van der Waals surface area contributed by atoms with Gasteiger partial charge in [0.05, 0.1) is 9.79 Å². The molecule has 0 spiro atoms. The molecule has 1 fully saturated rings. The number of amides is 1. The molecule has 180 valence electrons. The third-order valence-electron chi connectivity index (χ3n) is 6.41. The van der Waals surface area contributed by atoms with Crippen LogP contribution in [0.1, 0.15) is 50.7 Å². The van der Waals surface area contributed by atoms with E-state index in [4.69, 9.17) is 0 Å². The number of hydrogen-bond donors (Lipinski definition) is 1. The van der Waals surface area contributed by atoms with Crippen molar-refractivity contribution in [3.05, 3.63) is 53.6 Å². The van der Waals surface area contributed by atoms with E-state index in [1.807, 2.05) is 13.0 Å². The highest BCUT2D eigenvalue weighted by molar-refractivity contribution is 7.93. The van der Waals surface area contributed by atoms with Crippen LogP contribution in [0.5, 0.6) is 0 Å². The molecule has 0 atom stereocenters. The van der Waals surface area contributed by atoms with Crippen LogP contribution in [0.2, 0.25) is 0 Å². The summed E-state index contributed by atoms with van der Waals surface area (Å²) in [5.41, 5.74) is 1.67. The predicted molar refractivity (Wildman–Crippen MR) is 129 cm³/mol. The van der Waals surface area contributed by atoms with Crippen molar-refractivity contribution < 1.29 is 21.6 Å². The van der Waals surface area contributed by atoms with Crippen LogP contribution in [-0.4, -0.2) is 44.9 Å². The molecule has 1 amide bonds. The number of rotatable bonds is 8. The van der Waals surface area contributed by atoms with Gasteiger partial charge < -0.3 is 5.32 Å². The Morgan fingerprint density at radius 2 is 1.61 bits per heavy atom. The topological polar surface area (TPSA) is 101 Å². The maximum atomic E-state index is 13.8. The maximum absolute atomic E-state index is 13.8. The fraction of sp³-hybridized carbons (Fsp3) is 0.458. The van der Waals surface area contributed by atoms with Crippen LogP contribution >= 0.6 is 0 Å². The summed E-state index contributed by atoms with van der Waals surface area (Å²) in [6, 6.07) is 11.2. The lowest BCUT2D eigenvalue weighted by Gasteiger charge is -2.28. The van der Waals surface area contributed by atoms with Crippen molar-refractivity contribution in [2.24, 2.45) is 0 Å². The Morgan fingerprint density at radius 3 is 2.21 bits per heavy atom. The minimum atomic E-state index is -3.97. The molecule has 9 heteroatoms. The van der Waals surface area contributed by atoms with Gasteiger partial charge in [0, 0.05) is 18.8 Å². The second-order valence-corrected chi connectivity index (χ2v) is 12.7. The Kier molecular flexibility index (Phi) is 7.36. The zero-order valence-electron chi connectivity index (χ0n) is 19.6. The molecule has 0 heterocycles. The number of carbonyl (C=O) groups excluding carboxylic acids is 1. The minimum absolute atomic E-state index is 0.0573. The quantitative estimate of drug-likeness (QED) is 0.599. The number of sulfone groups is 1. The van der Waals surface area contributed by atoms with Crippen LogP contribution in [0.25, 0.3) is 0 Å². The van der Waals surface area contributed by atoms with E-state index in [0.717, 1.165) is 5.56 Å². The van der Waals surface area contributed by atoms with Gasteiger partial charge in [-0.05, 0) is 62.1 Å². The molecule has 0 aromatic heterocycles. The molecule has 1 saturated carbocycles. The molecule has 3 rings (SSSR count). The largest absolute Gasteiger partial charge is 0.325 e. The molecule has 33 heavy (non-hydrogen) atoms. The van der Waals surface area contributed by atoms with E-state index in [1.54, 1.807) is 45.0 Å². The lowest BCUT2D eigenvalue weighted by molar-refractivity contribution is -0.118. The second kappa shape index (κ2) is 9.56. The van der Waals surface area contributed by atoms with Gasteiger partial charge in [-0.15, -0.1) is 0 Å². The normalized spacial score (nSPS) is 16.2. The highest BCUT2D eigenvalue weighted by Crippen LogP contribution is 2.42. The fourth-order valence-corrected chi connectivity index (χ4v) is 8.34. The molecule has 0 saturated heterocycles. The van der Waals surface area contributed by atoms with Gasteiger partial charge in [-0.25, -0.2) is 16.8 Å². The van der Waals surface area contributed by atoms with E-state index >= 15 is 0 Å². The van der Waals surface area contributed by atoms with Crippen LogP contribution in [0.15, 0.2) is 52.3 Å². The number of carbonyl (C=O) groups is 1. The van der Waals surface area contributed by atoms with Crippen molar-refractivity contribution in [2.45, 2.75) is 67.9 Å². The average molecular weight is 493 g/mol. The van der Waals surface area contributed by atoms with Crippen molar-refractivity contribution in [1.82, 2.24) is 4.31 Å². The van der Waals surface area contributed by atoms with Crippen molar-refractivity contribution in [3.63, 3.8) is 0 Å². The Balaban J connectivity index is 1.99. The lowest BCUT2D eigenvalue weighted by Crippen LogP contribution is -2.47. The number of aryl methyl sites for hydroxylation is 2. The van der Waals surface area contributed by atoms with Gasteiger partial charge in [-0.1, -0.05) is 44.9 Å². The van der Waals surface area contributed by atoms with Crippen LogP contribution in [-0.2, 0) is 24.7 Å². The Labute approximate surface area is 197 Å². The molecule has 1 aliphatic rings. The van der Waals surface area contributed by atoms with Gasteiger partial charge in [-0.2, -0.15) is 4.31 Å². The van der Waals surface area contributed by atoms with Crippen molar-refractivity contribution in [1.29, 1.82) is 0 Å². The summed E-state index contributed by atoms with van der Waals surface area (Å²) in [5.74, 6) is -0.613. The molecular formula is C24H32N2O5S2. The van der Waals surface area contributed by atoms with E-state index in [1.165, 1.54) is 16.4 Å². The summed E-state index contributed by atoms with van der Waals surface area (Å²) in [6.45, 7) is 7.72. The van der Waals surface area contributed by atoms with Crippen molar-refractivity contribution in [3.8, 4) is 0 Å².